The summed E-state index contributed by atoms with van der Waals surface area (Å²) in [6.07, 6.45) is 1.90. The second-order valence-corrected chi connectivity index (χ2v) is 8.72. The number of rotatable bonds is 4. The van der Waals surface area contributed by atoms with Gasteiger partial charge in [-0.3, -0.25) is 4.79 Å². The SMILES string of the molecule is CC(C)(C)c1cnc(Sc2ccc(C(=O)Nc3ccccc3)nn2)s1. The Labute approximate surface area is 154 Å². The number of thiazole rings is 1. The van der Waals surface area contributed by atoms with E-state index >= 15 is 0 Å². The van der Waals surface area contributed by atoms with E-state index in [-0.39, 0.29) is 17.0 Å². The number of hydrogen-bond acceptors (Lipinski definition) is 6. The quantitative estimate of drug-likeness (QED) is 0.725. The Kier molecular flexibility index (Phi) is 5.15. The standard InChI is InChI=1S/C18H18N4OS2/c1-18(2,3)14-11-19-17(24-14)25-15-10-9-13(21-22-15)16(23)20-12-7-5-4-6-8-12/h4-11H,1-3H3,(H,20,23). The zero-order valence-electron chi connectivity index (χ0n) is 14.2. The van der Waals surface area contributed by atoms with E-state index in [0.717, 1.165) is 10.0 Å². The Morgan fingerprint density at radius 3 is 2.44 bits per heavy atom. The molecule has 3 aromatic rings. The first-order chi connectivity index (χ1) is 11.9. The highest BCUT2D eigenvalue weighted by Crippen LogP contribution is 2.34. The van der Waals surface area contributed by atoms with Crippen molar-refractivity contribution in [2.45, 2.75) is 35.6 Å². The molecule has 2 heterocycles. The molecule has 0 spiro atoms. The van der Waals surface area contributed by atoms with Crippen LogP contribution in [0.3, 0.4) is 0 Å². The molecule has 0 saturated carbocycles. The molecule has 5 nitrogen and oxygen atoms in total. The summed E-state index contributed by atoms with van der Waals surface area (Å²) in [4.78, 5) is 17.8. The van der Waals surface area contributed by atoms with Gasteiger partial charge in [0, 0.05) is 16.8 Å². The van der Waals surface area contributed by atoms with Crippen molar-refractivity contribution in [2.75, 3.05) is 5.32 Å². The molecule has 0 aliphatic heterocycles. The summed E-state index contributed by atoms with van der Waals surface area (Å²) < 4.78 is 0.917. The van der Waals surface area contributed by atoms with Gasteiger partial charge in [0.1, 0.15) is 5.03 Å². The number of carbonyl (C=O) groups excluding carboxylic acids is 1. The third-order valence-corrected chi connectivity index (χ3v) is 5.74. The van der Waals surface area contributed by atoms with Crippen LogP contribution in [0.4, 0.5) is 5.69 Å². The van der Waals surface area contributed by atoms with Crippen molar-refractivity contribution in [1.82, 2.24) is 15.2 Å². The van der Waals surface area contributed by atoms with Gasteiger partial charge in [0.15, 0.2) is 10.0 Å². The molecule has 2 aromatic heterocycles. The summed E-state index contributed by atoms with van der Waals surface area (Å²) in [5, 5.41) is 11.7. The third-order valence-electron chi connectivity index (χ3n) is 3.32. The van der Waals surface area contributed by atoms with Crippen LogP contribution in [-0.4, -0.2) is 21.1 Å². The molecule has 0 aliphatic carbocycles. The first-order valence-electron chi connectivity index (χ1n) is 7.76. The topological polar surface area (TPSA) is 67.8 Å². The van der Waals surface area contributed by atoms with E-state index in [1.807, 2.05) is 36.5 Å². The minimum absolute atomic E-state index is 0.0849. The van der Waals surface area contributed by atoms with Crippen molar-refractivity contribution in [2.24, 2.45) is 0 Å². The van der Waals surface area contributed by atoms with Crippen LogP contribution >= 0.6 is 23.1 Å². The minimum Gasteiger partial charge on any atom is -0.321 e. The summed E-state index contributed by atoms with van der Waals surface area (Å²) in [5.41, 5.74) is 1.09. The number of amides is 1. The van der Waals surface area contributed by atoms with Gasteiger partial charge >= 0.3 is 0 Å². The largest absolute Gasteiger partial charge is 0.321 e. The van der Waals surface area contributed by atoms with Crippen molar-refractivity contribution in [3.63, 3.8) is 0 Å². The van der Waals surface area contributed by atoms with E-state index in [4.69, 9.17) is 0 Å². The van der Waals surface area contributed by atoms with Crippen LogP contribution in [0.2, 0.25) is 0 Å². The molecule has 0 atom stereocenters. The molecule has 1 aromatic carbocycles. The van der Waals surface area contributed by atoms with E-state index in [1.54, 1.807) is 23.5 Å². The van der Waals surface area contributed by atoms with Crippen LogP contribution in [0, 0.1) is 0 Å². The van der Waals surface area contributed by atoms with Gasteiger partial charge in [-0.2, -0.15) is 0 Å². The Morgan fingerprint density at radius 1 is 1.08 bits per heavy atom. The highest BCUT2D eigenvalue weighted by atomic mass is 32.2. The minimum atomic E-state index is -0.278. The highest BCUT2D eigenvalue weighted by molar-refractivity contribution is 8.01. The fourth-order valence-electron chi connectivity index (χ4n) is 1.95. The van der Waals surface area contributed by atoms with E-state index in [1.165, 1.54) is 16.6 Å². The van der Waals surface area contributed by atoms with E-state index in [9.17, 15) is 4.79 Å². The van der Waals surface area contributed by atoms with Gasteiger partial charge in [0.25, 0.3) is 5.91 Å². The molecule has 1 N–H and O–H groups in total. The number of hydrogen-bond donors (Lipinski definition) is 1. The van der Waals surface area contributed by atoms with Gasteiger partial charge in [-0.15, -0.1) is 21.5 Å². The average Bonchev–Trinajstić information content (AvgIpc) is 3.05. The normalized spacial score (nSPS) is 11.3. The van der Waals surface area contributed by atoms with Crippen LogP contribution < -0.4 is 5.32 Å². The molecule has 0 fully saturated rings. The molecule has 0 unspecified atom stereocenters. The first kappa shape index (κ1) is 17.6. The summed E-state index contributed by atoms with van der Waals surface area (Å²) >= 11 is 3.10. The van der Waals surface area contributed by atoms with Crippen molar-refractivity contribution < 1.29 is 4.79 Å². The fourth-order valence-corrected chi connectivity index (χ4v) is 3.85. The monoisotopic (exact) mass is 370 g/mol. The maximum atomic E-state index is 12.2. The molecule has 0 saturated heterocycles. The number of nitrogens with zero attached hydrogens (tertiary/aromatic N) is 3. The first-order valence-corrected chi connectivity index (χ1v) is 9.39. The maximum absolute atomic E-state index is 12.2. The fraction of sp³-hybridized carbons (Fsp3) is 0.222. The van der Waals surface area contributed by atoms with E-state index in [0.29, 0.717) is 5.03 Å². The van der Waals surface area contributed by atoms with Crippen LogP contribution in [0.15, 0.2) is 58.0 Å². The maximum Gasteiger partial charge on any atom is 0.276 e. The van der Waals surface area contributed by atoms with Gasteiger partial charge in [0.2, 0.25) is 0 Å². The van der Waals surface area contributed by atoms with Gasteiger partial charge in [-0.1, -0.05) is 39.0 Å². The van der Waals surface area contributed by atoms with Crippen LogP contribution in [0.1, 0.15) is 36.1 Å². The summed E-state index contributed by atoms with van der Waals surface area (Å²) in [6, 6.07) is 12.7. The molecule has 0 aliphatic rings. The van der Waals surface area contributed by atoms with Gasteiger partial charge < -0.3 is 5.32 Å². The lowest BCUT2D eigenvalue weighted by atomic mass is 9.96. The Hall–Kier alpha value is -2.25. The van der Waals surface area contributed by atoms with Crippen LogP contribution in [0.5, 0.6) is 0 Å². The number of carbonyl (C=O) groups is 1. The molecule has 1 amide bonds. The van der Waals surface area contributed by atoms with Crippen molar-refractivity contribution in [3.8, 4) is 0 Å². The Balaban J connectivity index is 1.66. The molecular formula is C18H18N4OS2. The highest BCUT2D eigenvalue weighted by Gasteiger charge is 2.18. The predicted molar refractivity (Wildman–Crippen MR) is 101 cm³/mol. The van der Waals surface area contributed by atoms with Gasteiger partial charge in [0.05, 0.1) is 0 Å². The third kappa shape index (κ3) is 4.64. The number of nitrogens with one attached hydrogen (secondary N) is 1. The lowest BCUT2D eigenvalue weighted by Crippen LogP contribution is -2.14. The van der Waals surface area contributed by atoms with E-state index in [2.05, 4.69) is 41.3 Å². The molecule has 25 heavy (non-hydrogen) atoms. The second kappa shape index (κ2) is 7.33. The zero-order chi connectivity index (χ0) is 17.9. The number of para-hydroxylation sites is 1. The predicted octanol–water partition coefficient (Wildman–Crippen LogP) is 4.63. The molecule has 0 radical (unpaired) electrons. The summed E-state index contributed by atoms with van der Waals surface area (Å²) in [6.45, 7) is 6.48. The number of aromatic nitrogens is 3. The molecule has 0 bridgehead atoms. The summed E-state index contributed by atoms with van der Waals surface area (Å²) in [5.74, 6) is -0.278. The molecule has 128 valence electrons. The molecule has 7 heteroatoms. The van der Waals surface area contributed by atoms with Crippen molar-refractivity contribution >= 4 is 34.7 Å². The second-order valence-electron chi connectivity index (χ2n) is 6.42. The van der Waals surface area contributed by atoms with Crippen LogP contribution in [0.25, 0.3) is 0 Å². The van der Waals surface area contributed by atoms with Crippen molar-refractivity contribution in [3.05, 3.63) is 59.2 Å². The zero-order valence-corrected chi connectivity index (χ0v) is 15.8. The van der Waals surface area contributed by atoms with Crippen LogP contribution in [-0.2, 0) is 5.41 Å². The average molecular weight is 371 g/mol. The van der Waals surface area contributed by atoms with E-state index < -0.39 is 0 Å². The molecule has 3 rings (SSSR count). The smallest absolute Gasteiger partial charge is 0.276 e. The number of benzene rings is 1. The lowest BCUT2D eigenvalue weighted by molar-refractivity contribution is 0.102. The lowest BCUT2D eigenvalue weighted by Gasteiger charge is -2.14. The Bertz CT molecular complexity index is 855. The summed E-state index contributed by atoms with van der Waals surface area (Å²) in [7, 11) is 0. The molecular weight excluding hydrogens is 352 g/mol. The Morgan fingerprint density at radius 2 is 1.84 bits per heavy atom. The van der Waals surface area contributed by atoms with Gasteiger partial charge in [-0.25, -0.2) is 4.98 Å². The van der Waals surface area contributed by atoms with Gasteiger partial charge in [-0.05, 0) is 41.4 Å². The number of anilines is 1. The van der Waals surface area contributed by atoms with Crippen molar-refractivity contribution in [1.29, 1.82) is 0 Å².